The summed E-state index contributed by atoms with van der Waals surface area (Å²) in [5, 5.41) is 11.1. The maximum atomic E-state index is 12.0. The zero-order chi connectivity index (χ0) is 17.1. The maximum Gasteiger partial charge on any atom is 0.271 e. The molecule has 0 aliphatic rings. The number of anilines is 1. The molecule has 0 fully saturated rings. The lowest BCUT2D eigenvalue weighted by molar-refractivity contribution is 0.0949. The fraction of sp³-hybridized carbons (Fsp3) is 0.188. The summed E-state index contributed by atoms with van der Waals surface area (Å²) in [7, 11) is 0. The highest BCUT2D eigenvalue weighted by Crippen LogP contribution is 2.23. The van der Waals surface area contributed by atoms with Gasteiger partial charge in [0.25, 0.3) is 5.91 Å². The van der Waals surface area contributed by atoms with Crippen molar-refractivity contribution >= 4 is 22.8 Å². The lowest BCUT2D eigenvalue weighted by Gasteiger charge is -2.05. The monoisotopic (exact) mass is 321 g/mol. The zero-order valence-electron chi connectivity index (χ0n) is 13.0. The quantitative estimate of drug-likeness (QED) is 0.624. The Morgan fingerprint density at radius 2 is 2.25 bits per heavy atom. The number of H-pyrrole nitrogens is 1. The van der Waals surface area contributed by atoms with Gasteiger partial charge < -0.3 is 16.0 Å². The molecule has 2 aromatic heterocycles. The number of benzene rings is 1. The van der Waals surface area contributed by atoms with Crippen LogP contribution in [0, 0.1) is 18.3 Å². The highest BCUT2D eigenvalue weighted by atomic mass is 16.1. The standard InChI is InChI=1S/C16H15N7O/c1-9-3-4-10-11(7-9)23-15(22-10)13-14(18)20-8-12(21-13)16(24)19-6-2-5-17/h3-4,7-8H,2,6H2,1H3,(H2,18,20)(H,19,24)(H,22,23). The normalized spacial score (nSPS) is 10.5. The van der Waals surface area contributed by atoms with Crippen LogP contribution in [0.2, 0.25) is 0 Å². The number of hydrogen-bond acceptors (Lipinski definition) is 6. The van der Waals surface area contributed by atoms with E-state index in [9.17, 15) is 4.79 Å². The van der Waals surface area contributed by atoms with Crippen molar-refractivity contribution in [1.82, 2.24) is 25.3 Å². The molecule has 0 aliphatic heterocycles. The van der Waals surface area contributed by atoms with E-state index >= 15 is 0 Å². The molecule has 0 saturated carbocycles. The second-order valence-corrected chi connectivity index (χ2v) is 5.26. The van der Waals surface area contributed by atoms with Crippen LogP contribution in [0.5, 0.6) is 0 Å². The molecule has 0 unspecified atom stereocenters. The third-order valence-corrected chi connectivity index (χ3v) is 3.42. The molecule has 24 heavy (non-hydrogen) atoms. The first-order chi connectivity index (χ1) is 11.6. The number of aromatic amines is 1. The first-order valence-electron chi connectivity index (χ1n) is 7.33. The van der Waals surface area contributed by atoms with Crippen LogP contribution in [0.1, 0.15) is 22.5 Å². The van der Waals surface area contributed by atoms with Crippen LogP contribution in [0.4, 0.5) is 5.82 Å². The molecule has 0 bridgehead atoms. The molecule has 0 aliphatic carbocycles. The minimum Gasteiger partial charge on any atom is -0.382 e. The Kier molecular flexibility index (Phi) is 4.07. The molecule has 3 aromatic rings. The number of nitrogens with one attached hydrogen (secondary N) is 2. The van der Waals surface area contributed by atoms with Crippen molar-refractivity contribution in [2.24, 2.45) is 0 Å². The number of carbonyl (C=O) groups excluding carboxylic acids is 1. The summed E-state index contributed by atoms with van der Waals surface area (Å²) in [5.74, 6) is 0.220. The van der Waals surface area contributed by atoms with Crippen molar-refractivity contribution in [2.75, 3.05) is 12.3 Å². The van der Waals surface area contributed by atoms with Crippen molar-refractivity contribution in [3.63, 3.8) is 0 Å². The SMILES string of the molecule is Cc1ccc2nc(-c3nc(C(=O)NCCC#N)cnc3N)[nH]c2c1. The van der Waals surface area contributed by atoms with E-state index in [1.165, 1.54) is 6.20 Å². The summed E-state index contributed by atoms with van der Waals surface area (Å²) in [6.07, 6.45) is 1.53. The Bertz CT molecular complexity index is 955. The number of fused-ring (bicyclic) bond motifs is 1. The van der Waals surface area contributed by atoms with E-state index in [1.807, 2.05) is 31.2 Å². The predicted molar refractivity (Wildman–Crippen MR) is 88.8 cm³/mol. The molecule has 0 saturated heterocycles. The molecule has 2 heterocycles. The van der Waals surface area contributed by atoms with E-state index in [-0.39, 0.29) is 24.5 Å². The molecule has 120 valence electrons. The molecule has 4 N–H and O–H groups in total. The van der Waals surface area contributed by atoms with Crippen LogP contribution in [0.15, 0.2) is 24.4 Å². The van der Waals surface area contributed by atoms with E-state index in [2.05, 4.69) is 25.3 Å². The summed E-state index contributed by atoms with van der Waals surface area (Å²) in [4.78, 5) is 27.9. The van der Waals surface area contributed by atoms with Crippen LogP contribution < -0.4 is 11.1 Å². The number of rotatable bonds is 4. The first kappa shape index (κ1) is 15.4. The Labute approximate surface area is 137 Å². The highest BCUT2D eigenvalue weighted by molar-refractivity contribution is 5.93. The summed E-state index contributed by atoms with van der Waals surface area (Å²) in [6, 6.07) is 7.78. The van der Waals surface area contributed by atoms with Gasteiger partial charge in [0.15, 0.2) is 11.6 Å². The molecular weight excluding hydrogens is 306 g/mol. The lowest BCUT2D eigenvalue weighted by Crippen LogP contribution is -2.25. The third kappa shape index (κ3) is 3.01. The molecule has 8 heteroatoms. The van der Waals surface area contributed by atoms with Gasteiger partial charge in [-0.3, -0.25) is 4.79 Å². The Hall–Kier alpha value is -3.47. The van der Waals surface area contributed by atoms with Crippen molar-refractivity contribution in [2.45, 2.75) is 13.3 Å². The van der Waals surface area contributed by atoms with Gasteiger partial charge in [-0.25, -0.2) is 15.0 Å². The summed E-state index contributed by atoms with van der Waals surface area (Å²) < 4.78 is 0. The van der Waals surface area contributed by atoms with Gasteiger partial charge in [-0.1, -0.05) is 6.07 Å². The minimum atomic E-state index is -0.411. The average molecular weight is 321 g/mol. The van der Waals surface area contributed by atoms with Crippen LogP contribution >= 0.6 is 0 Å². The number of nitriles is 1. The highest BCUT2D eigenvalue weighted by Gasteiger charge is 2.15. The second-order valence-electron chi connectivity index (χ2n) is 5.26. The van der Waals surface area contributed by atoms with Gasteiger partial charge >= 0.3 is 0 Å². The molecule has 3 rings (SSSR count). The smallest absolute Gasteiger partial charge is 0.271 e. The lowest BCUT2D eigenvalue weighted by atomic mass is 10.2. The molecule has 8 nitrogen and oxygen atoms in total. The van der Waals surface area contributed by atoms with Crippen molar-refractivity contribution in [3.8, 4) is 17.6 Å². The summed E-state index contributed by atoms with van der Waals surface area (Å²) in [6.45, 7) is 2.24. The van der Waals surface area contributed by atoms with E-state index in [4.69, 9.17) is 11.0 Å². The topological polar surface area (TPSA) is 133 Å². The molecular formula is C16H15N7O. The number of nitrogens with zero attached hydrogens (tertiary/aromatic N) is 4. The third-order valence-electron chi connectivity index (χ3n) is 3.42. The molecule has 1 aromatic carbocycles. The molecule has 0 atom stereocenters. The van der Waals surface area contributed by atoms with Crippen LogP contribution in [0.25, 0.3) is 22.6 Å². The Morgan fingerprint density at radius 1 is 1.42 bits per heavy atom. The minimum absolute atomic E-state index is 0.119. The van der Waals surface area contributed by atoms with Gasteiger partial charge in [0.1, 0.15) is 11.4 Å². The number of carbonyl (C=O) groups is 1. The van der Waals surface area contributed by atoms with Gasteiger partial charge in [0.2, 0.25) is 0 Å². The average Bonchev–Trinajstić information content (AvgIpc) is 2.98. The van der Waals surface area contributed by atoms with E-state index < -0.39 is 5.91 Å². The van der Waals surface area contributed by atoms with Crippen LogP contribution in [-0.4, -0.2) is 32.4 Å². The molecule has 0 spiro atoms. The predicted octanol–water partition coefficient (Wildman–Crippen LogP) is 1.55. The van der Waals surface area contributed by atoms with Gasteiger partial charge in [-0.15, -0.1) is 0 Å². The number of hydrogen-bond donors (Lipinski definition) is 3. The van der Waals surface area contributed by atoms with Gasteiger partial charge in [0, 0.05) is 6.54 Å². The fourth-order valence-corrected chi connectivity index (χ4v) is 2.24. The number of imidazole rings is 1. The number of nitrogen functional groups attached to an aromatic ring is 1. The Balaban J connectivity index is 1.96. The number of aryl methyl sites for hydroxylation is 1. The molecule has 1 amide bonds. The van der Waals surface area contributed by atoms with Crippen LogP contribution in [0.3, 0.4) is 0 Å². The van der Waals surface area contributed by atoms with Gasteiger partial charge in [-0.05, 0) is 24.6 Å². The largest absolute Gasteiger partial charge is 0.382 e. The van der Waals surface area contributed by atoms with E-state index in [0.29, 0.717) is 11.5 Å². The van der Waals surface area contributed by atoms with Gasteiger partial charge in [-0.2, -0.15) is 5.26 Å². The second kappa shape index (κ2) is 6.34. The first-order valence-corrected chi connectivity index (χ1v) is 7.33. The number of aromatic nitrogens is 4. The summed E-state index contributed by atoms with van der Waals surface area (Å²) >= 11 is 0. The van der Waals surface area contributed by atoms with E-state index in [0.717, 1.165) is 16.6 Å². The van der Waals surface area contributed by atoms with Crippen molar-refractivity contribution < 1.29 is 4.79 Å². The van der Waals surface area contributed by atoms with E-state index in [1.54, 1.807) is 0 Å². The number of amides is 1. The molecule has 0 radical (unpaired) electrons. The van der Waals surface area contributed by atoms with Crippen molar-refractivity contribution in [1.29, 1.82) is 5.26 Å². The van der Waals surface area contributed by atoms with Crippen molar-refractivity contribution in [3.05, 3.63) is 35.7 Å². The summed E-state index contributed by atoms with van der Waals surface area (Å²) in [5.41, 5.74) is 9.06. The Morgan fingerprint density at radius 3 is 3.04 bits per heavy atom. The zero-order valence-corrected chi connectivity index (χ0v) is 13.0. The maximum absolute atomic E-state index is 12.0. The van der Waals surface area contributed by atoms with Gasteiger partial charge in [0.05, 0.1) is 29.7 Å². The number of nitrogens with two attached hydrogens (primary N) is 1. The van der Waals surface area contributed by atoms with Crippen LogP contribution in [-0.2, 0) is 0 Å². The fourth-order valence-electron chi connectivity index (χ4n) is 2.24.